The summed E-state index contributed by atoms with van der Waals surface area (Å²) in [5.74, 6) is -1.74. The number of rotatable bonds is 5. The van der Waals surface area contributed by atoms with Crippen LogP contribution in [0.25, 0.3) is 0 Å². The van der Waals surface area contributed by atoms with E-state index in [1.165, 1.54) is 0 Å². The van der Waals surface area contributed by atoms with Crippen LogP contribution in [0.1, 0.15) is 25.7 Å². The Labute approximate surface area is 95.0 Å². The van der Waals surface area contributed by atoms with Gasteiger partial charge >= 0.3 is 11.9 Å². The lowest BCUT2D eigenvalue weighted by Crippen LogP contribution is -2.39. The Balaban J connectivity index is 0.000000315. The Morgan fingerprint density at radius 3 is 1.31 bits per heavy atom. The van der Waals surface area contributed by atoms with E-state index in [0.717, 1.165) is 26.2 Å². The van der Waals surface area contributed by atoms with E-state index in [1.807, 2.05) is 0 Å². The first-order valence-corrected chi connectivity index (χ1v) is 5.48. The van der Waals surface area contributed by atoms with Gasteiger partial charge in [-0.15, -0.1) is 0 Å². The maximum absolute atomic E-state index is 9.90. The molecular weight excluding hydrogens is 212 g/mol. The fraction of sp³-hybridized carbons (Fsp3) is 0.800. The van der Waals surface area contributed by atoms with Gasteiger partial charge in [0.05, 0.1) is 0 Å². The van der Waals surface area contributed by atoms with Gasteiger partial charge in [-0.1, -0.05) is 0 Å². The molecule has 16 heavy (non-hydrogen) atoms. The molecule has 0 aromatic carbocycles. The zero-order valence-electron chi connectivity index (χ0n) is 9.37. The van der Waals surface area contributed by atoms with Gasteiger partial charge in [-0.3, -0.25) is 9.59 Å². The van der Waals surface area contributed by atoms with Gasteiger partial charge in [0.15, 0.2) is 0 Å². The quantitative estimate of drug-likeness (QED) is 0.494. The lowest BCUT2D eigenvalue weighted by atomic mass is 10.2. The zero-order valence-corrected chi connectivity index (χ0v) is 9.37. The highest BCUT2D eigenvalue weighted by atomic mass is 16.4. The van der Waals surface area contributed by atoms with Gasteiger partial charge in [0.1, 0.15) is 0 Å². The Bertz CT molecular complexity index is 177. The summed E-state index contributed by atoms with van der Waals surface area (Å²) in [5, 5.41) is 22.7. The minimum absolute atomic E-state index is 0.0628. The molecular formula is C10H20N2O4. The molecule has 4 N–H and O–H groups in total. The van der Waals surface area contributed by atoms with Gasteiger partial charge in [-0.25, -0.2) is 0 Å². The van der Waals surface area contributed by atoms with Crippen molar-refractivity contribution in [2.75, 3.05) is 26.2 Å². The number of hydrogen-bond acceptors (Lipinski definition) is 4. The van der Waals surface area contributed by atoms with E-state index in [0.29, 0.717) is 12.8 Å². The van der Waals surface area contributed by atoms with Crippen LogP contribution in [0.2, 0.25) is 0 Å². The van der Waals surface area contributed by atoms with Crippen molar-refractivity contribution >= 4 is 11.9 Å². The Hall–Kier alpha value is -1.14. The summed E-state index contributed by atoms with van der Waals surface area (Å²) in [5.41, 5.74) is 0. The van der Waals surface area contributed by atoms with E-state index < -0.39 is 11.9 Å². The van der Waals surface area contributed by atoms with Gasteiger partial charge in [0, 0.05) is 39.0 Å². The van der Waals surface area contributed by atoms with E-state index in [4.69, 9.17) is 10.2 Å². The lowest BCUT2D eigenvalue weighted by molar-refractivity contribution is -0.139. The van der Waals surface area contributed by atoms with Crippen molar-refractivity contribution in [2.24, 2.45) is 0 Å². The van der Waals surface area contributed by atoms with Gasteiger partial charge in [0.25, 0.3) is 0 Å². The van der Waals surface area contributed by atoms with Gasteiger partial charge in [0.2, 0.25) is 0 Å². The van der Waals surface area contributed by atoms with Gasteiger partial charge < -0.3 is 20.8 Å². The fourth-order valence-electron chi connectivity index (χ4n) is 1.16. The summed E-state index contributed by atoms with van der Waals surface area (Å²) in [4.78, 5) is 19.8. The molecule has 0 bridgehead atoms. The average Bonchev–Trinajstić information content (AvgIpc) is 2.27. The van der Waals surface area contributed by atoms with E-state index in [2.05, 4.69) is 10.6 Å². The highest BCUT2D eigenvalue weighted by molar-refractivity contribution is 5.67. The molecule has 0 aromatic heterocycles. The topological polar surface area (TPSA) is 98.7 Å². The molecule has 0 unspecified atom stereocenters. The molecule has 94 valence electrons. The second-order valence-electron chi connectivity index (χ2n) is 3.49. The molecule has 0 saturated carbocycles. The molecule has 0 amide bonds. The molecule has 1 heterocycles. The summed E-state index contributed by atoms with van der Waals surface area (Å²) in [6, 6.07) is 0. The third-order valence-electron chi connectivity index (χ3n) is 1.99. The van der Waals surface area contributed by atoms with Crippen molar-refractivity contribution in [1.82, 2.24) is 10.6 Å². The van der Waals surface area contributed by atoms with Crippen LogP contribution in [0.4, 0.5) is 0 Å². The number of unbranched alkanes of at least 4 members (excludes halogenated alkanes) is 1. The highest BCUT2D eigenvalue weighted by Gasteiger charge is 1.99. The zero-order chi connectivity index (χ0) is 12.2. The smallest absolute Gasteiger partial charge is 0.303 e. The summed E-state index contributed by atoms with van der Waals surface area (Å²) in [7, 11) is 0. The standard InChI is InChI=1S/C6H10O4.C4H10N2/c7-5(8)3-1-2-4-6(9)10;1-2-6-4-3-5-1/h1-4H2,(H,7,8)(H,9,10);5-6H,1-4H2. The molecule has 6 nitrogen and oxygen atoms in total. The second-order valence-corrected chi connectivity index (χ2v) is 3.49. The van der Waals surface area contributed by atoms with E-state index in [-0.39, 0.29) is 12.8 Å². The van der Waals surface area contributed by atoms with E-state index in [1.54, 1.807) is 0 Å². The molecule has 1 fully saturated rings. The van der Waals surface area contributed by atoms with Crippen molar-refractivity contribution in [3.8, 4) is 0 Å². The molecule has 0 radical (unpaired) electrons. The van der Waals surface area contributed by atoms with Gasteiger partial charge in [-0.2, -0.15) is 0 Å². The molecule has 0 spiro atoms. The predicted molar refractivity (Wildman–Crippen MR) is 59.5 cm³/mol. The molecule has 0 atom stereocenters. The molecule has 6 heteroatoms. The van der Waals surface area contributed by atoms with Crippen molar-refractivity contribution < 1.29 is 19.8 Å². The monoisotopic (exact) mass is 232 g/mol. The maximum atomic E-state index is 9.90. The Kier molecular flexibility index (Phi) is 9.64. The summed E-state index contributed by atoms with van der Waals surface area (Å²) >= 11 is 0. The molecule has 1 aliphatic heterocycles. The Morgan fingerprint density at radius 2 is 1.12 bits per heavy atom. The number of carboxylic acids is 2. The first kappa shape index (κ1) is 14.9. The van der Waals surface area contributed by atoms with Gasteiger partial charge in [-0.05, 0) is 12.8 Å². The normalized spacial score (nSPS) is 14.8. The summed E-state index contributed by atoms with van der Waals surface area (Å²) in [6.07, 6.45) is 1.02. The van der Waals surface area contributed by atoms with Crippen LogP contribution >= 0.6 is 0 Å². The van der Waals surface area contributed by atoms with Crippen LogP contribution in [0.3, 0.4) is 0 Å². The largest absolute Gasteiger partial charge is 0.481 e. The predicted octanol–water partition coefficient (Wildman–Crippen LogP) is -0.105. The van der Waals surface area contributed by atoms with Crippen LogP contribution in [-0.4, -0.2) is 48.3 Å². The lowest BCUT2D eigenvalue weighted by Gasteiger charge is -2.11. The van der Waals surface area contributed by atoms with E-state index >= 15 is 0 Å². The third-order valence-corrected chi connectivity index (χ3v) is 1.99. The van der Waals surface area contributed by atoms with Crippen LogP contribution in [0, 0.1) is 0 Å². The van der Waals surface area contributed by atoms with Crippen LogP contribution < -0.4 is 10.6 Å². The number of carbonyl (C=O) groups is 2. The number of nitrogens with one attached hydrogen (secondary N) is 2. The highest BCUT2D eigenvalue weighted by Crippen LogP contribution is 1.98. The maximum Gasteiger partial charge on any atom is 0.303 e. The van der Waals surface area contributed by atoms with Crippen LogP contribution in [0.5, 0.6) is 0 Å². The molecule has 1 aliphatic rings. The molecule has 1 saturated heterocycles. The first-order valence-electron chi connectivity index (χ1n) is 5.48. The van der Waals surface area contributed by atoms with E-state index in [9.17, 15) is 9.59 Å². The first-order chi connectivity index (χ1) is 7.63. The van der Waals surface area contributed by atoms with Crippen molar-refractivity contribution in [1.29, 1.82) is 0 Å². The summed E-state index contributed by atoms with van der Waals surface area (Å²) < 4.78 is 0. The number of piperazine rings is 1. The number of carboxylic acid groups (broad SMARTS) is 2. The average molecular weight is 232 g/mol. The van der Waals surface area contributed by atoms with Crippen molar-refractivity contribution in [2.45, 2.75) is 25.7 Å². The fourth-order valence-corrected chi connectivity index (χ4v) is 1.16. The van der Waals surface area contributed by atoms with Crippen molar-refractivity contribution in [3.63, 3.8) is 0 Å². The Morgan fingerprint density at radius 1 is 0.812 bits per heavy atom. The second kappa shape index (κ2) is 10.4. The molecule has 1 rings (SSSR count). The minimum atomic E-state index is -0.870. The van der Waals surface area contributed by atoms with Crippen LogP contribution in [-0.2, 0) is 9.59 Å². The minimum Gasteiger partial charge on any atom is -0.481 e. The molecule has 0 aliphatic carbocycles. The summed E-state index contributed by atoms with van der Waals surface area (Å²) in [6.45, 7) is 4.56. The number of hydrogen-bond donors (Lipinski definition) is 4. The number of aliphatic carboxylic acids is 2. The SMILES string of the molecule is C1CNCCN1.O=C(O)CCCCC(=O)O. The molecule has 0 aromatic rings. The van der Waals surface area contributed by atoms with Crippen LogP contribution in [0.15, 0.2) is 0 Å². The third kappa shape index (κ3) is 12.9. The van der Waals surface area contributed by atoms with Crippen molar-refractivity contribution in [3.05, 3.63) is 0 Å².